The molecule has 0 bridgehead atoms. The van der Waals surface area contributed by atoms with Crippen LogP contribution in [-0.4, -0.2) is 25.7 Å². The lowest BCUT2D eigenvalue weighted by atomic mass is 10.0. The number of benzene rings is 2. The molecule has 0 spiro atoms. The van der Waals surface area contributed by atoms with Crippen molar-refractivity contribution in [2.45, 2.75) is 27.3 Å². The van der Waals surface area contributed by atoms with Crippen molar-refractivity contribution in [3.63, 3.8) is 0 Å². The van der Waals surface area contributed by atoms with E-state index >= 15 is 0 Å². The van der Waals surface area contributed by atoms with Gasteiger partial charge in [0.15, 0.2) is 0 Å². The standard InChI is InChI=1S/C22H21N5O/c1-14-4-9-19-20(10-15(2)26-21(19)16(14)3)22(28)24-11-17-5-7-18(8-6-17)27-13-23-12-25-27/h4-10,12-13H,11H2,1-3H3,(H,24,28). The van der Waals surface area contributed by atoms with Gasteiger partial charge in [-0.05, 0) is 55.7 Å². The molecule has 2 aromatic carbocycles. The van der Waals surface area contributed by atoms with Crippen molar-refractivity contribution in [2.24, 2.45) is 0 Å². The Morgan fingerprint density at radius 3 is 2.57 bits per heavy atom. The van der Waals surface area contributed by atoms with Gasteiger partial charge in [-0.25, -0.2) is 9.67 Å². The summed E-state index contributed by atoms with van der Waals surface area (Å²) in [4.78, 5) is 21.5. The van der Waals surface area contributed by atoms with E-state index in [0.717, 1.165) is 33.4 Å². The zero-order valence-electron chi connectivity index (χ0n) is 16.1. The molecule has 28 heavy (non-hydrogen) atoms. The third-order valence-corrected chi connectivity index (χ3v) is 4.95. The Morgan fingerprint density at radius 1 is 1.07 bits per heavy atom. The van der Waals surface area contributed by atoms with Gasteiger partial charge in [0.25, 0.3) is 5.91 Å². The normalized spacial score (nSPS) is 11.0. The summed E-state index contributed by atoms with van der Waals surface area (Å²) in [6.07, 6.45) is 3.15. The smallest absolute Gasteiger partial charge is 0.252 e. The second kappa shape index (κ2) is 7.23. The highest BCUT2D eigenvalue weighted by Crippen LogP contribution is 2.24. The zero-order valence-corrected chi connectivity index (χ0v) is 16.1. The molecule has 1 N–H and O–H groups in total. The number of nitrogens with one attached hydrogen (secondary N) is 1. The Labute approximate surface area is 163 Å². The Morgan fingerprint density at radius 2 is 1.86 bits per heavy atom. The van der Waals surface area contributed by atoms with Crippen molar-refractivity contribution in [3.05, 3.63) is 83.1 Å². The Hall–Kier alpha value is -3.54. The van der Waals surface area contributed by atoms with Crippen molar-refractivity contribution in [3.8, 4) is 5.69 Å². The van der Waals surface area contributed by atoms with Crippen LogP contribution in [0.25, 0.3) is 16.6 Å². The van der Waals surface area contributed by atoms with E-state index in [9.17, 15) is 4.79 Å². The average molecular weight is 371 g/mol. The lowest BCUT2D eigenvalue weighted by Crippen LogP contribution is -2.23. The number of hydrogen-bond donors (Lipinski definition) is 1. The Balaban J connectivity index is 1.55. The van der Waals surface area contributed by atoms with Crippen LogP contribution >= 0.6 is 0 Å². The number of aryl methyl sites for hydroxylation is 3. The van der Waals surface area contributed by atoms with Crippen LogP contribution < -0.4 is 5.32 Å². The first kappa shape index (κ1) is 17.9. The second-order valence-electron chi connectivity index (χ2n) is 6.90. The molecule has 4 rings (SSSR count). The van der Waals surface area contributed by atoms with Gasteiger partial charge in [-0.15, -0.1) is 0 Å². The minimum atomic E-state index is -0.0981. The van der Waals surface area contributed by atoms with Gasteiger partial charge < -0.3 is 5.32 Å². The molecule has 0 aliphatic rings. The highest BCUT2D eigenvalue weighted by atomic mass is 16.1. The Bertz CT molecular complexity index is 1150. The maximum absolute atomic E-state index is 12.9. The zero-order chi connectivity index (χ0) is 19.7. The minimum Gasteiger partial charge on any atom is -0.348 e. The van der Waals surface area contributed by atoms with Crippen molar-refractivity contribution in [1.82, 2.24) is 25.1 Å². The molecule has 6 nitrogen and oxygen atoms in total. The first-order valence-corrected chi connectivity index (χ1v) is 9.12. The second-order valence-corrected chi connectivity index (χ2v) is 6.90. The van der Waals surface area contributed by atoms with E-state index in [-0.39, 0.29) is 5.91 Å². The molecule has 1 amide bonds. The van der Waals surface area contributed by atoms with Gasteiger partial charge in [0.1, 0.15) is 12.7 Å². The summed E-state index contributed by atoms with van der Waals surface area (Å²) in [5.74, 6) is -0.0981. The number of carbonyl (C=O) groups is 1. The number of aromatic nitrogens is 4. The van der Waals surface area contributed by atoms with Crippen LogP contribution in [-0.2, 0) is 6.54 Å². The number of fused-ring (bicyclic) bond motifs is 1. The third-order valence-electron chi connectivity index (χ3n) is 4.95. The fraction of sp³-hybridized carbons (Fsp3) is 0.182. The topological polar surface area (TPSA) is 72.7 Å². The molecular formula is C22H21N5O. The number of pyridine rings is 1. The summed E-state index contributed by atoms with van der Waals surface area (Å²) in [6, 6.07) is 13.7. The van der Waals surface area contributed by atoms with Gasteiger partial charge in [-0.1, -0.05) is 24.3 Å². The molecule has 0 unspecified atom stereocenters. The third kappa shape index (κ3) is 3.36. The van der Waals surface area contributed by atoms with Crippen molar-refractivity contribution in [2.75, 3.05) is 0 Å². The predicted molar refractivity (Wildman–Crippen MR) is 108 cm³/mol. The molecule has 6 heteroatoms. The first-order valence-electron chi connectivity index (χ1n) is 9.12. The molecule has 0 atom stereocenters. The molecule has 0 fully saturated rings. The summed E-state index contributed by atoms with van der Waals surface area (Å²) in [5.41, 5.74) is 6.60. The largest absolute Gasteiger partial charge is 0.348 e. The van der Waals surface area contributed by atoms with Crippen LogP contribution in [0.4, 0.5) is 0 Å². The molecule has 0 aliphatic heterocycles. The molecule has 2 heterocycles. The first-order chi connectivity index (χ1) is 13.5. The van der Waals surface area contributed by atoms with Crippen LogP contribution in [0.2, 0.25) is 0 Å². The summed E-state index contributed by atoms with van der Waals surface area (Å²) >= 11 is 0. The lowest BCUT2D eigenvalue weighted by Gasteiger charge is -2.12. The number of amides is 1. The van der Waals surface area contributed by atoms with Crippen molar-refractivity contribution < 1.29 is 4.79 Å². The van der Waals surface area contributed by atoms with Crippen LogP contribution in [0.3, 0.4) is 0 Å². The average Bonchev–Trinajstić information content (AvgIpc) is 3.24. The monoisotopic (exact) mass is 371 g/mol. The highest BCUT2D eigenvalue weighted by Gasteiger charge is 2.14. The molecule has 4 aromatic rings. The van der Waals surface area contributed by atoms with E-state index in [4.69, 9.17) is 0 Å². The van der Waals surface area contributed by atoms with Gasteiger partial charge in [0.05, 0.1) is 16.8 Å². The van der Waals surface area contributed by atoms with Crippen LogP contribution in [0.5, 0.6) is 0 Å². The van der Waals surface area contributed by atoms with Crippen LogP contribution in [0.15, 0.2) is 55.1 Å². The van der Waals surface area contributed by atoms with Crippen LogP contribution in [0, 0.1) is 20.8 Å². The van der Waals surface area contributed by atoms with Crippen molar-refractivity contribution >= 4 is 16.8 Å². The van der Waals surface area contributed by atoms with E-state index < -0.39 is 0 Å². The van der Waals surface area contributed by atoms with Gasteiger partial charge in [0.2, 0.25) is 0 Å². The summed E-state index contributed by atoms with van der Waals surface area (Å²) in [6.45, 7) is 6.47. The molecule has 140 valence electrons. The van der Waals surface area contributed by atoms with E-state index in [2.05, 4.69) is 27.3 Å². The molecule has 2 aromatic heterocycles. The van der Waals surface area contributed by atoms with Gasteiger partial charge in [0, 0.05) is 17.6 Å². The maximum Gasteiger partial charge on any atom is 0.252 e. The highest BCUT2D eigenvalue weighted by molar-refractivity contribution is 6.07. The van der Waals surface area contributed by atoms with E-state index in [0.29, 0.717) is 12.1 Å². The van der Waals surface area contributed by atoms with Crippen molar-refractivity contribution in [1.29, 1.82) is 0 Å². The molecule has 0 saturated heterocycles. The molecule has 0 saturated carbocycles. The van der Waals surface area contributed by atoms with Gasteiger partial charge in [-0.3, -0.25) is 9.78 Å². The van der Waals surface area contributed by atoms with Crippen LogP contribution in [0.1, 0.15) is 32.7 Å². The van der Waals surface area contributed by atoms with E-state index in [1.54, 1.807) is 11.0 Å². The minimum absolute atomic E-state index is 0.0981. The summed E-state index contributed by atoms with van der Waals surface area (Å²) in [5, 5.41) is 8.01. The van der Waals surface area contributed by atoms with Gasteiger partial charge in [-0.2, -0.15) is 5.10 Å². The quantitative estimate of drug-likeness (QED) is 0.594. The molecule has 0 aliphatic carbocycles. The molecular weight excluding hydrogens is 350 g/mol. The maximum atomic E-state index is 12.9. The molecule has 0 radical (unpaired) electrons. The fourth-order valence-corrected chi connectivity index (χ4v) is 3.23. The van der Waals surface area contributed by atoms with Gasteiger partial charge >= 0.3 is 0 Å². The fourth-order valence-electron chi connectivity index (χ4n) is 3.23. The lowest BCUT2D eigenvalue weighted by molar-refractivity contribution is 0.0952. The number of rotatable bonds is 4. The predicted octanol–water partition coefficient (Wildman–Crippen LogP) is 3.67. The summed E-state index contributed by atoms with van der Waals surface area (Å²) in [7, 11) is 0. The Kier molecular flexibility index (Phi) is 4.61. The number of nitrogens with zero attached hydrogens (tertiary/aromatic N) is 4. The SMILES string of the molecule is Cc1cc(C(=O)NCc2ccc(-n3cncn3)cc2)c2ccc(C)c(C)c2n1. The number of hydrogen-bond acceptors (Lipinski definition) is 4. The van der Waals surface area contributed by atoms with E-state index in [1.165, 1.54) is 11.9 Å². The van der Waals surface area contributed by atoms with E-state index in [1.807, 2.05) is 56.3 Å². The summed E-state index contributed by atoms with van der Waals surface area (Å²) < 4.78 is 1.69. The number of carbonyl (C=O) groups excluding carboxylic acids is 1.